The van der Waals surface area contributed by atoms with Crippen molar-refractivity contribution in [3.05, 3.63) is 18.2 Å². The fourth-order valence-corrected chi connectivity index (χ4v) is 1.22. The Kier molecular flexibility index (Phi) is 4.68. The fourth-order valence-electron chi connectivity index (χ4n) is 1.22. The monoisotopic (exact) mass is 245 g/mol. The van der Waals surface area contributed by atoms with Crippen LogP contribution in [-0.4, -0.2) is 26.0 Å². The van der Waals surface area contributed by atoms with Gasteiger partial charge in [-0.25, -0.2) is 0 Å². The first-order valence-corrected chi connectivity index (χ1v) is 4.98. The molecular weight excluding hydrogens is 232 g/mol. The van der Waals surface area contributed by atoms with Crippen molar-refractivity contribution >= 4 is 11.6 Å². The second-order valence-corrected chi connectivity index (χ2v) is 3.09. The van der Waals surface area contributed by atoms with Crippen LogP contribution in [0.25, 0.3) is 0 Å². The molecule has 0 heterocycles. The summed E-state index contributed by atoms with van der Waals surface area (Å²) >= 11 is 0. The minimum Gasteiger partial charge on any atom is -0.493 e. The Morgan fingerprint density at radius 1 is 1.41 bits per heavy atom. The maximum Gasteiger partial charge on any atom is 0.315 e. The number of hydrogen-bond acceptors (Lipinski definition) is 3. The Labute approximate surface area is 97.5 Å². The molecule has 0 spiro atoms. The molecule has 0 fully saturated rings. The average molecular weight is 245 g/mol. The maximum atomic E-state index is 12.0. The fraction of sp³-hybridized carbons (Fsp3) is 0.364. The third kappa shape index (κ3) is 3.58. The molecule has 1 rings (SSSR count). The molecule has 1 aromatic carbocycles. The van der Waals surface area contributed by atoms with E-state index in [0.717, 1.165) is 0 Å². The minimum absolute atomic E-state index is 0.236. The van der Waals surface area contributed by atoms with Crippen LogP contribution in [0.4, 0.5) is 14.5 Å². The molecule has 4 nitrogen and oxygen atoms in total. The van der Waals surface area contributed by atoms with Crippen LogP contribution in [0.3, 0.4) is 0 Å². The summed E-state index contributed by atoms with van der Waals surface area (Å²) in [6.45, 7) is 2.19. The van der Waals surface area contributed by atoms with Gasteiger partial charge in [-0.2, -0.15) is 8.78 Å². The number of alkyl halides is 2. The van der Waals surface area contributed by atoms with Crippen LogP contribution in [0.5, 0.6) is 11.5 Å². The van der Waals surface area contributed by atoms with E-state index in [1.54, 1.807) is 6.92 Å². The van der Waals surface area contributed by atoms with E-state index < -0.39 is 12.3 Å². The SMILES string of the molecule is CCOc1cc(NC(=O)C(F)F)ccc1OC. The molecule has 0 saturated carbocycles. The number of rotatable bonds is 5. The highest BCUT2D eigenvalue weighted by atomic mass is 19.3. The second-order valence-electron chi connectivity index (χ2n) is 3.09. The molecule has 0 radical (unpaired) electrons. The molecule has 94 valence electrons. The first-order valence-electron chi connectivity index (χ1n) is 4.98. The smallest absolute Gasteiger partial charge is 0.315 e. The predicted octanol–water partition coefficient (Wildman–Crippen LogP) is 2.30. The van der Waals surface area contributed by atoms with Crippen LogP contribution in [-0.2, 0) is 4.79 Å². The van der Waals surface area contributed by atoms with Gasteiger partial charge >= 0.3 is 6.43 Å². The third-order valence-corrected chi connectivity index (χ3v) is 1.93. The van der Waals surface area contributed by atoms with E-state index >= 15 is 0 Å². The van der Waals surface area contributed by atoms with Gasteiger partial charge in [0.25, 0.3) is 5.91 Å². The van der Waals surface area contributed by atoms with Gasteiger partial charge in [-0.05, 0) is 19.1 Å². The Hall–Kier alpha value is -1.85. The Morgan fingerprint density at radius 2 is 2.12 bits per heavy atom. The van der Waals surface area contributed by atoms with Crippen molar-refractivity contribution in [2.24, 2.45) is 0 Å². The lowest BCUT2D eigenvalue weighted by atomic mass is 10.2. The van der Waals surface area contributed by atoms with E-state index in [0.29, 0.717) is 18.1 Å². The number of carbonyl (C=O) groups is 1. The maximum absolute atomic E-state index is 12.0. The quantitative estimate of drug-likeness (QED) is 0.865. The number of halogens is 2. The second kappa shape index (κ2) is 6.03. The van der Waals surface area contributed by atoms with Crippen molar-refractivity contribution in [2.75, 3.05) is 19.0 Å². The summed E-state index contributed by atoms with van der Waals surface area (Å²) in [6, 6.07) is 4.43. The van der Waals surface area contributed by atoms with Crippen molar-refractivity contribution in [2.45, 2.75) is 13.3 Å². The summed E-state index contributed by atoms with van der Waals surface area (Å²) in [5.74, 6) is -0.485. The summed E-state index contributed by atoms with van der Waals surface area (Å²) in [6.07, 6.45) is -3.05. The topological polar surface area (TPSA) is 47.6 Å². The van der Waals surface area contributed by atoms with Gasteiger partial charge in [0.05, 0.1) is 13.7 Å². The van der Waals surface area contributed by atoms with Gasteiger partial charge in [0, 0.05) is 11.8 Å². The molecular formula is C11H13F2NO3. The number of hydrogen-bond donors (Lipinski definition) is 1. The Balaban J connectivity index is 2.88. The summed E-state index contributed by atoms with van der Waals surface area (Å²) in [4.78, 5) is 10.8. The molecule has 0 aliphatic rings. The number of methoxy groups -OCH3 is 1. The molecule has 0 saturated heterocycles. The standard InChI is InChI=1S/C11H13F2NO3/c1-3-17-9-6-7(4-5-8(9)16-2)14-11(15)10(12)13/h4-6,10H,3H2,1-2H3,(H,14,15). The Morgan fingerprint density at radius 3 is 2.65 bits per heavy atom. The molecule has 0 aromatic heterocycles. The first kappa shape index (κ1) is 13.2. The molecule has 1 amide bonds. The van der Waals surface area contributed by atoms with E-state index in [4.69, 9.17) is 9.47 Å². The largest absolute Gasteiger partial charge is 0.493 e. The van der Waals surface area contributed by atoms with Crippen molar-refractivity contribution in [1.82, 2.24) is 0 Å². The zero-order valence-electron chi connectivity index (χ0n) is 9.50. The first-order chi connectivity index (χ1) is 8.08. The lowest BCUT2D eigenvalue weighted by Crippen LogP contribution is -2.20. The van der Waals surface area contributed by atoms with Crippen LogP contribution in [0.1, 0.15) is 6.92 Å². The summed E-state index contributed by atoms with van der Waals surface area (Å²) in [5, 5.41) is 2.07. The van der Waals surface area contributed by atoms with E-state index in [-0.39, 0.29) is 5.69 Å². The molecule has 0 bridgehead atoms. The molecule has 0 atom stereocenters. The van der Waals surface area contributed by atoms with Crippen molar-refractivity contribution in [1.29, 1.82) is 0 Å². The highest BCUT2D eigenvalue weighted by molar-refractivity contribution is 5.93. The van der Waals surface area contributed by atoms with Gasteiger partial charge in [-0.3, -0.25) is 4.79 Å². The van der Waals surface area contributed by atoms with Crippen molar-refractivity contribution in [3.8, 4) is 11.5 Å². The summed E-state index contributed by atoms with van der Waals surface area (Å²) < 4.78 is 34.3. The van der Waals surface area contributed by atoms with Gasteiger partial charge in [0.2, 0.25) is 0 Å². The number of amides is 1. The molecule has 0 aliphatic carbocycles. The minimum atomic E-state index is -3.05. The van der Waals surface area contributed by atoms with Crippen LogP contribution < -0.4 is 14.8 Å². The molecule has 1 N–H and O–H groups in total. The van der Waals surface area contributed by atoms with Gasteiger partial charge in [-0.15, -0.1) is 0 Å². The Bertz CT molecular complexity index is 396. The van der Waals surface area contributed by atoms with E-state index in [2.05, 4.69) is 5.32 Å². The molecule has 6 heteroatoms. The summed E-state index contributed by atoms with van der Waals surface area (Å²) in [7, 11) is 1.47. The van der Waals surface area contributed by atoms with Crippen molar-refractivity contribution < 1.29 is 23.0 Å². The zero-order valence-corrected chi connectivity index (χ0v) is 9.50. The van der Waals surface area contributed by atoms with E-state index in [1.807, 2.05) is 0 Å². The van der Waals surface area contributed by atoms with E-state index in [1.165, 1.54) is 25.3 Å². The molecule has 0 aliphatic heterocycles. The lowest BCUT2D eigenvalue weighted by molar-refractivity contribution is -0.126. The highest BCUT2D eigenvalue weighted by Gasteiger charge is 2.16. The van der Waals surface area contributed by atoms with Gasteiger partial charge in [0.1, 0.15) is 0 Å². The summed E-state index contributed by atoms with van der Waals surface area (Å²) in [5.41, 5.74) is 0.236. The van der Waals surface area contributed by atoms with Crippen LogP contribution in [0, 0.1) is 0 Å². The molecule has 0 unspecified atom stereocenters. The number of carbonyl (C=O) groups excluding carboxylic acids is 1. The van der Waals surface area contributed by atoms with Gasteiger partial charge in [-0.1, -0.05) is 0 Å². The number of ether oxygens (including phenoxy) is 2. The number of benzene rings is 1. The lowest BCUT2D eigenvalue weighted by Gasteiger charge is -2.11. The van der Waals surface area contributed by atoms with Gasteiger partial charge < -0.3 is 14.8 Å². The molecule has 1 aromatic rings. The highest BCUT2D eigenvalue weighted by Crippen LogP contribution is 2.30. The number of anilines is 1. The third-order valence-electron chi connectivity index (χ3n) is 1.93. The van der Waals surface area contributed by atoms with Crippen LogP contribution in [0.2, 0.25) is 0 Å². The molecule has 17 heavy (non-hydrogen) atoms. The normalized spacial score (nSPS) is 10.2. The predicted molar refractivity (Wildman–Crippen MR) is 58.8 cm³/mol. The van der Waals surface area contributed by atoms with Gasteiger partial charge in [0.15, 0.2) is 11.5 Å². The average Bonchev–Trinajstić information content (AvgIpc) is 2.29. The number of nitrogens with one attached hydrogen (secondary N) is 1. The van der Waals surface area contributed by atoms with Crippen LogP contribution in [0.15, 0.2) is 18.2 Å². The zero-order chi connectivity index (χ0) is 12.8. The van der Waals surface area contributed by atoms with Crippen molar-refractivity contribution in [3.63, 3.8) is 0 Å². The van der Waals surface area contributed by atoms with Crippen LogP contribution >= 0.6 is 0 Å². The van der Waals surface area contributed by atoms with E-state index in [9.17, 15) is 13.6 Å².